The molecule has 2 aliphatic heterocycles. The molecule has 4 aromatic rings. The summed E-state index contributed by atoms with van der Waals surface area (Å²) < 4.78 is 12.8. The van der Waals surface area contributed by atoms with Gasteiger partial charge in [-0.05, 0) is 44.2 Å². The number of halogens is 1. The quantitative estimate of drug-likeness (QED) is 0.354. The Bertz CT molecular complexity index is 1960. The molecule has 6 rings (SSSR count). The number of fused-ring (bicyclic) bond motifs is 2. The number of carbonyl (C=O) groups is 2. The van der Waals surface area contributed by atoms with E-state index in [9.17, 15) is 14.4 Å². The van der Waals surface area contributed by atoms with Crippen LogP contribution in [0.4, 0.5) is 5.69 Å². The van der Waals surface area contributed by atoms with Crippen molar-refractivity contribution in [3.8, 4) is 5.75 Å². The number of aryl methyl sites for hydroxylation is 1. The van der Waals surface area contributed by atoms with E-state index in [1.807, 2.05) is 55.5 Å². The number of methoxy groups -OCH3 is 1. The number of amides is 1. The number of benzene rings is 3. The number of nitrogens with one attached hydrogen (secondary N) is 1. The van der Waals surface area contributed by atoms with Crippen LogP contribution in [0.3, 0.4) is 0 Å². The van der Waals surface area contributed by atoms with Gasteiger partial charge in [0.15, 0.2) is 4.80 Å². The van der Waals surface area contributed by atoms with Crippen LogP contribution in [-0.2, 0) is 14.3 Å². The van der Waals surface area contributed by atoms with Gasteiger partial charge in [-0.3, -0.25) is 14.2 Å². The lowest BCUT2D eigenvalue weighted by Crippen LogP contribution is -2.40. The fourth-order valence-corrected chi connectivity index (χ4v) is 6.49. The number of hydrogen-bond donors (Lipinski definition) is 1. The van der Waals surface area contributed by atoms with Crippen LogP contribution in [0.2, 0.25) is 5.02 Å². The maximum Gasteiger partial charge on any atom is 0.338 e. The molecule has 206 valence electrons. The highest BCUT2D eigenvalue weighted by Crippen LogP contribution is 2.40. The van der Waals surface area contributed by atoms with E-state index in [0.717, 1.165) is 16.9 Å². The molecule has 0 saturated heterocycles. The summed E-state index contributed by atoms with van der Waals surface area (Å²) >= 11 is 7.55. The number of anilines is 1. The van der Waals surface area contributed by atoms with Gasteiger partial charge in [-0.1, -0.05) is 64.9 Å². The van der Waals surface area contributed by atoms with E-state index < -0.39 is 17.6 Å². The first-order valence-corrected chi connectivity index (χ1v) is 14.1. The third kappa shape index (κ3) is 4.47. The molecule has 1 aromatic heterocycles. The molecule has 1 N–H and O–H groups in total. The highest BCUT2D eigenvalue weighted by atomic mass is 35.5. The molecule has 8 nitrogen and oxygen atoms in total. The number of thiazole rings is 1. The van der Waals surface area contributed by atoms with Gasteiger partial charge in [0.2, 0.25) is 0 Å². The van der Waals surface area contributed by atoms with Crippen molar-refractivity contribution in [2.45, 2.75) is 19.9 Å². The lowest BCUT2D eigenvalue weighted by molar-refractivity contribution is -0.138. The Hall–Kier alpha value is -4.47. The first kappa shape index (κ1) is 26.7. The van der Waals surface area contributed by atoms with Gasteiger partial charge in [-0.15, -0.1) is 0 Å². The molecule has 41 heavy (non-hydrogen) atoms. The van der Waals surface area contributed by atoms with E-state index >= 15 is 0 Å². The molecule has 3 aromatic carbocycles. The van der Waals surface area contributed by atoms with E-state index in [1.165, 1.54) is 11.7 Å². The summed E-state index contributed by atoms with van der Waals surface area (Å²) in [4.78, 5) is 46.4. The number of aromatic nitrogens is 1. The normalized spacial score (nSPS) is 17.0. The number of nitrogens with zero attached hydrogens (tertiary/aromatic N) is 2. The zero-order valence-electron chi connectivity index (χ0n) is 22.4. The first-order chi connectivity index (χ1) is 19.8. The molecule has 2 aliphatic rings. The molecular weight excluding hydrogens is 562 g/mol. The topological polar surface area (TPSA) is 99.0 Å². The van der Waals surface area contributed by atoms with Crippen molar-refractivity contribution in [1.82, 2.24) is 4.57 Å². The highest BCUT2D eigenvalue weighted by molar-refractivity contribution is 7.07. The molecule has 0 spiro atoms. The van der Waals surface area contributed by atoms with Crippen LogP contribution in [0.25, 0.3) is 11.3 Å². The van der Waals surface area contributed by atoms with Crippen molar-refractivity contribution in [3.05, 3.63) is 119 Å². The van der Waals surface area contributed by atoms with Gasteiger partial charge in [-0.2, -0.15) is 0 Å². The van der Waals surface area contributed by atoms with Crippen LogP contribution in [0.5, 0.6) is 5.75 Å². The average Bonchev–Trinajstić information content (AvgIpc) is 3.46. The third-order valence-electron chi connectivity index (χ3n) is 6.98. The lowest BCUT2D eigenvalue weighted by Gasteiger charge is -2.27. The minimum atomic E-state index is -0.995. The second-order valence-corrected chi connectivity index (χ2v) is 10.9. The van der Waals surface area contributed by atoms with Crippen molar-refractivity contribution < 1.29 is 19.1 Å². The van der Waals surface area contributed by atoms with Crippen LogP contribution >= 0.6 is 22.9 Å². The van der Waals surface area contributed by atoms with Crippen LogP contribution in [-0.4, -0.2) is 30.2 Å². The predicted octanol–water partition coefficient (Wildman–Crippen LogP) is 4.23. The minimum Gasteiger partial charge on any atom is -0.496 e. The monoisotopic (exact) mass is 585 g/mol. The first-order valence-electron chi connectivity index (χ1n) is 12.9. The maximum absolute atomic E-state index is 14.3. The van der Waals surface area contributed by atoms with E-state index in [2.05, 4.69) is 5.32 Å². The zero-order chi connectivity index (χ0) is 28.8. The summed E-state index contributed by atoms with van der Waals surface area (Å²) in [5, 5.41) is 3.25. The number of ether oxygens (including phenoxy) is 2. The Balaban J connectivity index is 1.76. The van der Waals surface area contributed by atoms with Gasteiger partial charge < -0.3 is 14.8 Å². The van der Waals surface area contributed by atoms with Crippen molar-refractivity contribution >= 4 is 51.8 Å². The second-order valence-electron chi connectivity index (χ2n) is 9.52. The van der Waals surface area contributed by atoms with Gasteiger partial charge in [0.25, 0.3) is 11.5 Å². The van der Waals surface area contributed by atoms with Gasteiger partial charge in [0, 0.05) is 27.4 Å². The van der Waals surface area contributed by atoms with Crippen LogP contribution < -0.4 is 24.9 Å². The summed E-state index contributed by atoms with van der Waals surface area (Å²) in [6.07, 6.45) is 0. The van der Waals surface area contributed by atoms with Gasteiger partial charge >= 0.3 is 5.97 Å². The number of hydrogen-bond acceptors (Lipinski definition) is 7. The highest BCUT2D eigenvalue weighted by Gasteiger charge is 2.38. The molecule has 1 atom stereocenters. The van der Waals surface area contributed by atoms with Gasteiger partial charge in [-0.25, -0.2) is 9.79 Å². The molecule has 0 fully saturated rings. The molecule has 10 heteroatoms. The van der Waals surface area contributed by atoms with Crippen LogP contribution in [0.1, 0.15) is 35.2 Å². The van der Waals surface area contributed by atoms with Crippen molar-refractivity contribution in [1.29, 1.82) is 0 Å². The summed E-state index contributed by atoms with van der Waals surface area (Å²) in [5.74, 6) is -0.575. The van der Waals surface area contributed by atoms with Gasteiger partial charge in [0.05, 0.1) is 30.6 Å². The van der Waals surface area contributed by atoms with Gasteiger partial charge in [0.1, 0.15) is 16.3 Å². The maximum atomic E-state index is 14.3. The molecule has 0 aliphatic carbocycles. The molecule has 0 radical (unpaired) electrons. The third-order valence-corrected chi connectivity index (χ3v) is 8.27. The molecule has 3 heterocycles. The fourth-order valence-electron chi connectivity index (χ4n) is 5.21. The lowest BCUT2D eigenvalue weighted by atomic mass is 9.92. The van der Waals surface area contributed by atoms with Crippen LogP contribution in [0, 0.1) is 6.92 Å². The fraction of sp³-hybridized carbons (Fsp3) is 0.161. The predicted molar refractivity (Wildman–Crippen MR) is 158 cm³/mol. The molecular formula is C31H24ClN3O5S. The van der Waals surface area contributed by atoms with E-state index in [1.54, 1.807) is 25.1 Å². The summed E-state index contributed by atoms with van der Waals surface area (Å²) in [7, 11) is 1.51. The summed E-state index contributed by atoms with van der Waals surface area (Å²) in [6.45, 7) is 3.75. The smallest absolute Gasteiger partial charge is 0.338 e. The Morgan fingerprint density at radius 3 is 2.61 bits per heavy atom. The van der Waals surface area contributed by atoms with E-state index in [4.69, 9.17) is 26.1 Å². The molecule has 0 unspecified atom stereocenters. The molecule has 0 saturated carbocycles. The molecule has 1 amide bonds. The van der Waals surface area contributed by atoms with E-state index in [0.29, 0.717) is 43.6 Å². The summed E-state index contributed by atoms with van der Waals surface area (Å²) in [5.41, 5.74) is 3.70. The zero-order valence-corrected chi connectivity index (χ0v) is 23.9. The van der Waals surface area contributed by atoms with E-state index in [-0.39, 0.29) is 28.2 Å². The Kier molecular flexibility index (Phi) is 6.84. The molecule has 0 bridgehead atoms. The van der Waals surface area contributed by atoms with Crippen LogP contribution in [0.15, 0.2) is 82.1 Å². The largest absolute Gasteiger partial charge is 0.496 e. The minimum absolute atomic E-state index is 0.120. The number of esters is 1. The Morgan fingerprint density at radius 2 is 1.88 bits per heavy atom. The van der Waals surface area contributed by atoms with Crippen molar-refractivity contribution in [2.24, 2.45) is 4.99 Å². The van der Waals surface area contributed by atoms with Crippen molar-refractivity contribution in [2.75, 3.05) is 19.0 Å². The standard InChI is InChI=1S/C31H24ClN3O5S/c1-4-40-30(38)24-25(17-8-6-5-7-9-17)34-31-35(26(24)20-15-18(32)11-13-22(20)39-3)29(37)27(41-31)23-19-14-16(2)10-12-21(19)33-28(23)36/h5-15,26H,4H2,1-3H3,(H,33,36)/b27-23+/t26-/m0/s1. The van der Waals surface area contributed by atoms with Crippen molar-refractivity contribution in [3.63, 3.8) is 0 Å². The SMILES string of the molecule is CCOC(=O)C1=C(c2ccccc2)N=c2s/c(=C3/C(=O)Nc4ccc(C)cc43)c(=O)n2[C@H]1c1cc(Cl)ccc1OC. The Morgan fingerprint density at radius 1 is 1.10 bits per heavy atom. The number of carbonyl (C=O) groups excluding carboxylic acids is 2. The summed E-state index contributed by atoms with van der Waals surface area (Å²) in [6, 6.07) is 18.8. The number of rotatable bonds is 5. The Labute approximate surface area is 243 Å². The second kappa shape index (κ2) is 10.5. The average molecular weight is 586 g/mol.